The molecule has 3 rings (SSSR count). The molecule has 5 heteroatoms. The van der Waals surface area contributed by atoms with E-state index in [9.17, 15) is 0 Å². The molecule has 0 saturated carbocycles. The first-order valence-corrected chi connectivity index (χ1v) is 8.23. The van der Waals surface area contributed by atoms with Gasteiger partial charge in [-0.25, -0.2) is 5.10 Å². The van der Waals surface area contributed by atoms with Crippen molar-refractivity contribution in [1.82, 2.24) is 14.9 Å². The van der Waals surface area contributed by atoms with Crippen LogP contribution >= 0.6 is 12.2 Å². The molecule has 0 spiro atoms. The first kappa shape index (κ1) is 16.3. The number of aromatic nitrogens is 3. The van der Waals surface area contributed by atoms with Crippen molar-refractivity contribution in [3.05, 3.63) is 69.0 Å². The maximum absolute atomic E-state index is 5.33. The lowest BCUT2D eigenvalue weighted by Crippen LogP contribution is -1.98. The summed E-state index contributed by atoms with van der Waals surface area (Å²) in [5.74, 6) is 0.707. The molecule has 0 atom stereocenters. The second-order valence-electron chi connectivity index (χ2n) is 6.09. The fourth-order valence-corrected chi connectivity index (χ4v) is 2.98. The molecule has 3 aromatic rings. The van der Waals surface area contributed by atoms with Gasteiger partial charge in [-0.15, -0.1) is 0 Å². The van der Waals surface area contributed by atoms with Gasteiger partial charge in [0.15, 0.2) is 5.82 Å². The molecule has 0 bridgehead atoms. The summed E-state index contributed by atoms with van der Waals surface area (Å²) in [7, 11) is 0. The Morgan fingerprint density at radius 1 is 1.00 bits per heavy atom. The zero-order chi connectivity index (χ0) is 17.3. The highest BCUT2D eigenvalue weighted by atomic mass is 32.1. The maximum Gasteiger partial charge on any atom is 0.216 e. The van der Waals surface area contributed by atoms with Gasteiger partial charge in [-0.05, 0) is 51.0 Å². The molecule has 0 aliphatic carbocycles. The van der Waals surface area contributed by atoms with Crippen molar-refractivity contribution >= 4 is 18.4 Å². The van der Waals surface area contributed by atoms with Gasteiger partial charge in [0.1, 0.15) is 0 Å². The van der Waals surface area contributed by atoms with E-state index in [2.05, 4.69) is 67.3 Å². The number of hydrogen-bond acceptors (Lipinski definition) is 3. The molecular weight excluding hydrogens is 316 g/mol. The Morgan fingerprint density at radius 3 is 2.25 bits per heavy atom. The second kappa shape index (κ2) is 6.53. The fraction of sp³-hybridized carbons (Fsp3) is 0.211. The molecule has 24 heavy (non-hydrogen) atoms. The van der Waals surface area contributed by atoms with Crippen LogP contribution in [0.4, 0.5) is 0 Å². The van der Waals surface area contributed by atoms with Crippen LogP contribution in [-0.4, -0.2) is 21.1 Å². The van der Waals surface area contributed by atoms with Crippen LogP contribution in [0.25, 0.3) is 11.4 Å². The van der Waals surface area contributed by atoms with E-state index in [0.29, 0.717) is 10.6 Å². The number of hydrogen-bond donors (Lipinski definition) is 1. The molecule has 122 valence electrons. The number of benzene rings is 2. The topological polar surface area (TPSA) is 46.0 Å². The zero-order valence-electron chi connectivity index (χ0n) is 14.3. The van der Waals surface area contributed by atoms with Crippen LogP contribution in [0.2, 0.25) is 0 Å². The summed E-state index contributed by atoms with van der Waals surface area (Å²) < 4.78 is 2.14. The highest BCUT2D eigenvalue weighted by Crippen LogP contribution is 2.19. The number of H-pyrrole nitrogens is 1. The lowest BCUT2D eigenvalue weighted by atomic mass is 10.0. The van der Waals surface area contributed by atoms with Gasteiger partial charge in [0.2, 0.25) is 4.77 Å². The Bertz CT molecular complexity index is 939. The van der Waals surface area contributed by atoms with Crippen LogP contribution in [-0.2, 0) is 0 Å². The largest absolute Gasteiger partial charge is 0.250 e. The minimum atomic E-state index is 0.476. The van der Waals surface area contributed by atoms with Crippen molar-refractivity contribution in [3.63, 3.8) is 0 Å². The van der Waals surface area contributed by atoms with Gasteiger partial charge in [-0.2, -0.15) is 14.9 Å². The molecule has 0 saturated heterocycles. The molecule has 1 heterocycles. The lowest BCUT2D eigenvalue weighted by molar-refractivity contribution is 0.871. The molecule has 2 aromatic carbocycles. The van der Waals surface area contributed by atoms with Crippen LogP contribution in [0.5, 0.6) is 0 Å². The summed E-state index contributed by atoms with van der Waals surface area (Å²) in [5.41, 5.74) is 6.93. The highest BCUT2D eigenvalue weighted by molar-refractivity contribution is 7.71. The van der Waals surface area contributed by atoms with Gasteiger partial charge in [0.25, 0.3) is 0 Å². The van der Waals surface area contributed by atoms with E-state index in [0.717, 1.165) is 11.1 Å². The van der Waals surface area contributed by atoms with Crippen LogP contribution in [0.1, 0.15) is 27.8 Å². The Labute approximate surface area is 146 Å². The van der Waals surface area contributed by atoms with Crippen molar-refractivity contribution in [1.29, 1.82) is 0 Å². The summed E-state index contributed by atoms with van der Waals surface area (Å²) in [6, 6.07) is 12.5. The summed E-state index contributed by atoms with van der Waals surface area (Å²) in [4.78, 5) is 0. The van der Waals surface area contributed by atoms with E-state index in [-0.39, 0.29) is 0 Å². The minimum Gasteiger partial charge on any atom is -0.250 e. The molecule has 1 N–H and O–H groups in total. The smallest absolute Gasteiger partial charge is 0.216 e. The molecule has 0 radical (unpaired) electrons. The standard InChI is InChI=1S/C19H20N4S/c1-12-5-7-16(8-6-12)18-21-22-19(24)23(18)20-11-17-14(3)9-13(2)10-15(17)4/h5-11H,1-4H3,(H,22,24). The van der Waals surface area contributed by atoms with Gasteiger partial charge in [-0.3, -0.25) is 0 Å². The predicted octanol–water partition coefficient (Wildman–Crippen LogP) is 4.72. The third kappa shape index (κ3) is 3.21. The highest BCUT2D eigenvalue weighted by Gasteiger charge is 2.08. The predicted molar refractivity (Wildman–Crippen MR) is 101 cm³/mol. The van der Waals surface area contributed by atoms with Gasteiger partial charge < -0.3 is 0 Å². The van der Waals surface area contributed by atoms with E-state index in [4.69, 9.17) is 12.2 Å². The quantitative estimate of drug-likeness (QED) is 0.555. The molecule has 0 aliphatic rings. The second-order valence-corrected chi connectivity index (χ2v) is 6.47. The number of nitrogens with one attached hydrogen (secondary N) is 1. The van der Waals surface area contributed by atoms with Crippen LogP contribution in [0.15, 0.2) is 41.5 Å². The number of nitrogens with zero attached hydrogens (tertiary/aromatic N) is 3. The SMILES string of the molecule is Cc1ccc(-c2n[nH]c(=S)n2N=Cc2c(C)cc(C)cc2C)cc1. The molecule has 0 unspecified atom stereocenters. The van der Waals surface area contributed by atoms with Gasteiger partial charge >= 0.3 is 0 Å². The zero-order valence-corrected chi connectivity index (χ0v) is 15.1. The Kier molecular flexibility index (Phi) is 4.44. The van der Waals surface area contributed by atoms with Gasteiger partial charge in [-0.1, -0.05) is 47.5 Å². The third-order valence-electron chi connectivity index (χ3n) is 4.00. The first-order chi connectivity index (χ1) is 11.5. The number of aryl methyl sites for hydroxylation is 4. The van der Waals surface area contributed by atoms with Crippen molar-refractivity contribution < 1.29 is 0 Å². The Hall–Kier alpha value is -2.53. The van der Waals surface area contributed by atoms with Crippen molar-refractivity contribution in [2.45, 2.75) is 27.7 Å². The molecule has 0 amide bonds. The monoisotopic (exact) mass is 336 g/mol. The lowest BCUT2D eigenvalue weighted by Gasteiger charge is -2.07. The molecule has 0 fully saturated rings. The van der Waals surface area contributed by atoms with E-state index in [1.54, 1.807) is 4.68 Å². The first-order valence-electron chi connectivity index (χ1n) is 7.82. The summed E-state index contributed by atoms with van der Waals surface area (Å²) in [6.45, 7) is 8.35. The van der Waals surface area contributed by atoms with Crippen molar-refractivity contribution in [2.75, 3.05) is 0 Å². The normalized spacial score (nSPS) is 11.3. The summed E-state index contributed by atoms with van der Waals surface area (Å²) >= 11 is 5.33. The fourth-order valence-electron chi connectivity index (χ4n) is 2.80. The van der Waals surface area contributed by atoms with Crippen LogP contribution in [0.3, 0.4) is 0 Å². The van der Waals surface area contributed by atoms with Crippen molar-refractivity contribution in [3.8, 4) is 11.4 Å². The molecule has 4 nitrogen and oxygen atoms in total. The van der Waals surface area contributed by atoms with Crippen LogP contribution in [0, 0.1) is 32.5 Å². The maximum atomic E-state index is 5.33. The molecule has 1 aromatic heterocycles. The van der Waals surface area contributed by atoms with Crippen LogP contribution < -0.4 is 0 Å². The van der Waals surface area contributed by atoms with Gasteiger partial charge in [0.05, 0.1) is 6.21 Å². The Balaban J connectivity index is 2.04. The molecule has 0 aliphatic heterocycles. The summed E-state index contributed by atoms with van der Waals surface area (Å²) in [6.07, 6.45) is 1.85. The average Bonchev–Trinajstić information content (AvgIpc) is 2.88. The van der Waals surface area contributed by atoms with E-state index in [1.165, 1.54) is 22.3 Å². The third-order valence-corrected chi connectivity index (χ3v) is 4.26. The summed E-state index contributed by atoms with van der Waals surface area (Å²) in [5, 5.41) is 11.7. The minimum absolute atomic E-state index is 0.476. The average molecular weight is 336 g/mol. The number of aromatic amines is 1. The van der Waals surface area contributed by atoms with E-state index in [1.807, 2.05) is 18.3 Å². The van der Waals surface area contributed by atoms with Crippen molar-refractivity contribution in [2.24, 2.45) is 5.10 Å². The van der Waals surface area contributed by atoms with E-state index < -0.39 is 0 Å². The number of rotatable bonds is 3. The molecular formula is C19H20N4S. The van der Waals surface area contributed by atoms with Gasteiger partial charge in [0, 0.05) is 11.1 Å². The Morgan fingerprint density at radius 2 is 1.62 bits per heavy atom. The van der Waals surface area contributed by atoms with E-state index >= 15 is 0 Å².